The van der Waals surface area contributed by atoms with Crippen molar-refractivity contribution in [3.05, 3.63) is 51.6 Å². The second-order valence-corrected chi connectivity index (χ2v) is 6.89. The highest BCUT2D eigenvalue weighted by Gasteiger charge is 2.22. The number of hydrogen-bond acceptors (Lipinski definition) is 9. The maximum atomic E-state index is 11.7. The van der Waals surface area contributed by atoms with E-state index in [-0.39, 0.29) is 11.3 Å². The molecule has 0 fully saturated rings. The fourth-order valence-corrected chi connectivity index (χ4v) is 3.22. The first-order valence-corrected chi connectivity index (χ1v) is 9.89. The van der Waals surface area contributed by atoms with E-state index in [0.29, 0.717) is 51.7 Å². The summed E-state index contributed by atoms with van der Waals surface area (Å²) in [5.74, 6) is -1.13. The molecule has 0 aliphatic rings. The summed E-state index contributed by atoms with van der Waals surface area (Å²) in [6.45, 7) is 6.13. The summed E-state index contributed by atoms with van der Waals surface area (Å²) in [6.07, 6.45) is 0.876. The summed E-state index contributed by atoms with van der Waals surface area (Å²) in [6, 6.07) is 8.24. The highest BCUT2D eigenvalue weighted by atomic mass is 16.7. The Morgan fingerprint density at radius 1 is 0.938 bits per heavy atom. The van der Waals surface area contributed by atoms with Gasteiger partial charge in [-0.25, -0.2) is 9.59 Å². The molecule has 3 rings (SSSR count). The van der Waals surface area contributed by atoms with Crippen LogP contribution in [0.25, 0.3) is 21.9 Å². The Bertz CT molecular complexity index is 1290. The van der Waals surface area contributed by atoms with E-state index in [1.807, 2.05) is 6.92 Å². The average molecular weight is 439 g/mol. The van der Waals surface area contributed by atoms with Crippen molar-refractivity contribution in [3.63, 3.8) is 0 Å². The van der Waals surface area contributed by atoms with Gasteiger partial charge in [-0.1, -0.05) is 24.2 Å². The third-order valence-electron chi connectivity index (χ3n) is 4.65. The molecule has 166 valence electrons. The minimum atomic E-state index is -0.593. The number of nitro benzene ring substituents is 1. The summed E-state index contributed by atoms with van der Waals surface area (Å²) in [4.78, 5) is 43.0. The molecule has 0 atom stereocenters. The van der Waals surface area contributed by atoms with E-state index in [9.17, 15) is 19.7 Å². The minimum absolute atomic E-state index is 0.115. The molecule has 32 heavy (non-hydrogen) atoms. The normalized spacial score (nSPS) is 12.2. The van der Waals surface area contributed by atoms with Gasteiger partial charge in [0.05, 0.1) is 16.3 Å². The van der Waals surface area contributed by atoms with Gasteiger partial charge in [-0.2, -0.15) is 0 Å². The molecule has 2 aromatic carbocycles. The van der Waals surface area contributed by atoms with Gasteiger partial charge in [-0.3, -0.25) is 10.1 Å². The van der Waals surface area contributed by atoms with Gasteiger partial charge < -0.3 is 14.1 Å². The Balaban J connectivity index is 2.26. The summed E-state index contributed by atoms with van der Waals surface area (Å²) in [7, 11) is 0. The number of fused-ring (bicyclic) bond motifs is 3. The lowest BCUT2D eigenvalue weighted by Gasteiger charge is -2.05. The Morgan fingerprint density at radius 2 is 1.50 bits per heavy atom. The van der Waals surface area contributed by atoms with Crippen LogP contribution in [0.1, 0.15) is 51.7 Å². The van der Waals surface area contributed by atoms with Crippen LogP contribution < -0.4 is 0 Å². The molecular weight excluding hydrogens is 418 g/mol. The van der Waals surface area contributed by atoms with Crippen molar-refractivity contribution in [3.8, 4) is 0 Å². The van der Waals surface area contributed by atoms with Gasteiger partial charge in [-0.15, -0.1) is 0 Å². The maximum Gasteiger partial charge on any atom is 0.331 e. The molecule has 0 radical (unpaired) electrons. The van der Waals surface area contributed by atoms with E-state index in [2.05, 4.69) is 10.3 Å². The zero-order valence-corrected chi connectivity index (χ0v) is 18.0. The highest BCUT2D eigenvalue weighted by Crippen LogP contribution is 2.36. The van der Waals surface area contributed by atoms with Crippen molar-refractivity contribution >= 4 is 51.0 Å². The number of carbonyl (C=O) groups excluding carboxylic acids is 2. The molecule has 1 aromatic heterocycles. The molecule has 0 unspecified atom stereocenters. The number of nitro groups is 1. The zero-order valence-electron chi connectivity index (χ0n) is 18.0. The van der Waals surface area contributed by atoms with E-state index in [1.54, 1.807) is 31.2 Å². The Labute approximate surface area is 182 Å². The second kappa shape index (κ2) is 9.38. The van der Waals surface area contributed by atoms with Gasteiger partial charge in [0, 0.05) is 41.8 Å². The first-order chi connectivity index (χ1) is 15.2. The standard InChI is InChI=1S/C22H21N3O7/c1-5-18(23-31-12(3)26)14-7-8-21-16(9-14)17-10-15(19(6-2)24-32-13(4)27)11-20(25(28)29)22(17)30-21/h7-11H,5-6H2,1-4H3/b23-18+,24-19+. The van der Waals surface area contributed by atoms with Crippen molar-refractivity contribution < 1.29 is 28.6 Å². The number of nitrogens with zero attached hydrogens (tertiary/aromatic N) is 3. The maximum absolute atomic E-state index is 11.7. The number of benzene rings is 2. The van der Waals surface area contributed by atoms with E-state index in [1.165, 1.54) is 19.9 Å². The third kappa shape index (κ3) is 4.64. The highest BCUT2D eigenvalue weighted by molar-refractivity contribution is 6.14. The lowest BCUT2D eigenvalue weighted by Crippen LogP contribution is -2.04. The smallest absolute Gasteiger partial charge is 0.331 e. The summed E-state index contributed by atoms with van der Waals surface area (Å²) < 4.78 is 5.79. The monoisotopic (exact) mass is 439 g/mol. The predicted molar refractivity (Wildman–Crippen MR) is 118 cm³/mol. The summed E-state index contributed by atoms with van der Waals surface area (Å²) in [5.41, 5.74) is 2.36. The first-order valence-electron chi connectivity index (χ1n) is 9.89. The molecule has 0 N–H and O–H groups in total. The zero-order chi connectivity index (χ0) is 23.4. The van der Waals surface area contributed by atoms with E-state index in [4.69, 9.17) is 14.1 Å². The molecule has 0 amide bonds. The molecule has 10 heteroatoms. The van der Waals surface area contributed by atoms with Crippen LogP contribution >= 0.6 is 0 Å². The van der Waals surface area contributed by atoms with E-state index < -0.39 is 16.9 Å². The van der Waals surface area contributed by atoms with E-state index >= 15 is 0 Å². The molecular formula is C22H21N3O7. The largest absolute Gasteiger partial charge is 0.449 e. The van der Waals surface area contributed by atoms with Crippen LogP contribution in [-0.2, 0) is 19.3 Å². The molecule has 3 aromatic rings. The molecule has 10 nitrogen and oxygen atoms in total. The molecule has 0 bridgehead atoms. The summed E-state index contributed by atoms with van der Waals surface area (Å²) >= 11 is 0. The van der Waals surface area contributed by atoms with Crippen molar-refractivity contribution in [2.45, 2.75) is 40.5 Å². The number of non-ortho nitro benzene ring substituents is 1. The van der Waals surface area contributed by atoms with Gasteiger partial charge in [0.1, 0.15) is 5.58 Å². The Hall–Kier alpha value is -4.08. The quantitative estimate of drug-likeness (QED) is 0.222. The van der Waals surface area contributed by atoms with Crippen LogP contribution in [0.3, 0.4) is 0 Å². The topological polar surface area (TPSA) is 134 Å². The van der Waals surface area contributed by atoms with Crippen molar-refractivity contribution in [1.82, 2.24) is 0 Å². The lowest BCUT2D eigenvalue weighted by atomic mass is 10.0. The average Bonchev–Trinajstić information content (AvgIpc) is 3.11. The number of hydrogen-bond donors (Lipinski definition) is 0. The van der Waals surface area contributed by atoms with Crippen LogP contribution in [0, 0.1) is 10.1 Å². The minimum Gasteiger partial charge on any atom is -0.449 e. The fourth-order valence-electron chi connectivity index (χ4n) is 3.22. The van der Waals surface area contributed by atoms with Crippen molar-refractivity contribution in [2.24, 2.45) is 10.3 Å². The van der Waals surface area contributed by atoms with Crippen LogP contribution in [0.4, 0.5) is 5.69 Å². The predicted octanol–water partition coefficient (Wildman–Crippen LogP) is 4.85. The lowest BCUT2D eigenvalue weighted by molar-refractivity contribution is -0.383. The number of oxime groups is 2. The number of rotatable bonds is 7. The Kier molecular flexibility index (Phi) is 6.62. The molecule has 1 heterocycles. The van der Waals surface area contributed by atoms with Gasteiger partial charge in [0.25, 0.3) is 0 Å². The molecule has 0 saturated carbocycles. The summed E-state index contributed by atoms with van der Waals surface area (Å²) in [5, 5.41) is 20.6. The SMILES string of the molecule is CC/C(=N\OC(C)=O)c1ccc2oc3c([N+](=O)[O-])cc(/C(CC)=N/OC(C)=O)cc3c2c1. The van der Waals surface area contributed by atoms with Gasteiger partial charge in [0.15, 0.2) is 0 Å². The molecule has 0 aliphatic carbocycles. The van der Waals surface area contributed by atoms with Crippen LogP contribution in [0.2, 0.25) is 0 Å². The first kappa shape index (κ1) is 22.6. The van der Waals surface area contributed by atoms with Crippen LogP contribution in [0.5, 0.6) is 0 Å². The van der Waals surface area contributed by atoms with Crippen LogP contribution in [0.15, 0.2) is 45.1 Å². The van der Waals surface area contributed by atoms with Gasteiger partial charge in [-0.05, 0) is 37.1 Å². The van der Waals surface area contributed by atoms with Crippen LogP contribution in [-0.4, -0.2) is 28.3 Å². The number of furan rings is 1. The van der Waals surface area contributed by atoms with Gasteiger partial charge >= 0.3 is 17.6 Å². The molecule has 0 aliphatic heterocycles. The van der Waals surface area contributed by atoms with Crippen molar-refractivity contribution in [2.75, 3.05) is 0 Å². The molecule has 0 saturated heterocycles. The second-order valence-electron chi connectivity index (χ2n) is 6.89. The van der Waals surface area contributed by atoms with E-state index in [0.717, 1.165) is 0 Å². The van der Waals surface area contributed by atoms with Crippen molar-refractivity contribution in [1.29, 1.82) is 0 Å². The third-order valence-corrected chi connectivity index (χ3v) is 4.65. The Morgan fingerprint density at radius 3 is 2.03 bits per heavy atom. The molecule has 0 spiro atoms. The number of carbonyl (C=O) groups is 2. The fraction of sp³-hybridized carbons (Fsp3) is 0.273. The van der Waals surface area contributed by atoms with Gasteiger partial charge in [0.2, 0.25) is 5.58 Å².